The van der Waals surface area contributed by atoms with Gasteiger partial charge in [-0.25, -0.2) is 9.79 Å². The van der Waals surface area contributed by atoms with Crippen molar-refractivity contribution in [2.75, 3.05) is 0 Å². The van der Waals surface area contributed by atoms with Gasteiger partial charge in [-0.2, -0.15) is 0 Å². The maximum Gasteiger partial charge on any atom is 0.333 e. The van der Waals surface area contributed by atoms with Gasteiger partial charge in [0, 0.05) is 10.6 Å². The number of hydrogen-bond acceptors (Lipinski definition) is 5. The zero-order valence-electron chi connectivity index (χ0n) is 12.2. The fourth-order valence-electron chi connectivity index (χ4n) is 3.16. The number of carboxylic acids is 1. The third kappa shape index (κ3) is 2.72. The van der Waals surface area contributed by atoms with Crippen molar-refractivity contribution in [1.29, 1.82) is 0 Å². The number of carbonyl (C=O) groups is 2. The molecule has 1 aliphatic carbocycles. The predicted octanol–water partition coefficient (Wildman–Crippen LogP) is 1.92. The van der Waals surface area contributed by atoms with Gasteiger partial charge >= 0.3 is 5.97 Å². The van der Waals surface area contributed by atoms with Gasteiger partial charge < -0.3 is 14.9 Å². The van der Waals surface area contributed by atoms with Crippen molar-refractivity contribution >= 4 is 29.3 Å². The molecule has 1 aromatic rings. The molecular weight excluding hydrogens is 322 g/mol. The van der Waals surface area contributed by atoms with E-state index in [0.717, 1.165) is 6.42 Å². The van der Waals surface area contributed by atoms with E-state index in [1.54, 1.807) is 24.3 Å². The Kier molecular flexibility index (Phi) is 4.12. The molecule has 7 heteroatoms. The molecule has 2 N–H and O–H groups in total. The normalized spacial score (nSPS) is 27.8. The summed E-state index contributed by atoms with van der Waals surface area (Å²) in [4.78, 5) is 28.0. The maximum atomic E-state index is 12.8. The van der Waals surface area contributed by atoms with Gasteiger partial charge in [-0.05, 0) is 25.3 Å². The van der Waals surface area contributed by atoms with Crippen LogP contribution in [0.3, 0.4) is 0 Å². The first kappa shape index (κ1) is 16.0. The molecule has 1 heterocycles. The number of aliphatic carboxylic acids is 1. The summed E-state index contributed by atoms with van der Waals surface area (Å²) in [6.07, 6.45) is -0.778. The molecule has 3 rings (SSSR count). The molecule has 2 bridgehead atoms. The lowest BCUT2D eigenvalue weighted by molar-refractivity contribution is -0.146. The largest absolute Gasteiger partial charge is 0.479 e. The van der Waals surface area contributed by atoms with E-state index >= 15 is 0 Å². The molecule has 1 unspecified atom stereocenters. The number of benzene rings is 1. The second-order valence-corrected chi connectivity index (χ2v) is 6.17. The molecule has 0 aromatic heterocycles. The molecular formula is C16H16ClNO5. The Morgan fingerprint density at radius 2 is 2.22 bits per heavy atom. The number of ether oxygens (including phenoxy) is 1. The topological polar surface area (TPSA) is 96.2 Å². The quantitative estimate of drug-likeness (QED) is 0.875. The third-order valence-corrected chi connectivity index (χ3v) is 4.60. The standard InChI is InChI=1S/C16H16ClNO5/c17-10-5-2-1-4-9(10)16-7-3-6-12(14(16)20)23-13(18-16)8-11(19)15(21)22/h1-2,4-5,11-12,19H,3,6-8H2,(H,21,22)/t11?,12-,16-/m1/s1. The SMILES string of the molecule is O=C(O)C(O)CC1=N[C@@]2(c3ccccc3Cl)CCC[C@@H](O1)C2=O. The first-order valence-electron chi connectivity index (χ1n) is 7.39. The van der Waals surface area contributed by atoms with Crippen LogP contribution >= 0.6 is 11.6 Å². The van der Waals surface area contributed by atoms with E-state index in [4.69, 9.17) is 21.4 Å². The van der Waals surface area contributed by atoms with Gasteiger partial charge in [0.25, 0.3) is 0 Å². The summed E-state index contributed by atoms with van der Waals surface area (Å²) in [5.41, 5.74) is -0.547. The van der Waals surface area contributed by atoms with Crippen molar-refractivity contribution < 1.29 is 24.5 Å². The van der Waals surface area contributed by atoms with Gasteiger partial charge in [-0.15, -0.1) is 0 Å². The molecule has 0 radical (unpaired) electrons. The second kappa shape index (κ2) is 5.94. The van der Waals surface area contributed by atoms with Crippen molar-refractivity contribution in [3.63, 3.8) is 0 Å². The highest BCUT2D eigenvalue weighted by molar-refractivity contribution is 6.32. The van der Waals surface area contributed by atoms with Crippen LogP contribution < -0.4 is 0 Å². The summed E-state index contributed by atoms with van der Waals surface area (Å²) in [5.74, 6) is -1.43. The Hall–Kier alpha value is -1.92. The highest BCUT2D eigenvalue weighted by atomic mass is 35.5. The van der Waals surface area contributed by atoms with E-state index < -0.39 is 23.7 Å². The first-order valence-corrected chi connectivity index (χ1v) is 7.77. The number of nitrogens with zero attached hydrogens (tertiary/aromatic N) is 1. The van der Waals surface area contributed by atoms with Crippen molar-refractivity contribution in [2.45, 2.75) is 43.4 Å². The average molecular weight is 338 g/mol. The van der Waals surface area contributed by atoms with Crippen LogP contribution in [0.1, 0.15) is 31.2 Å². The summed E-state index contributed by atoms with van der Waals surface area (Å²) in [6, 6.07) is 7.00. The summed E-state index contributed by atoms with van der Waals surface area (Å²) in [5, 5.41) is 18.8. The molecule has 1 saturated carbocycles. The third-order valence-electron chi connectivity index (χ3n) is 4.27. The summed E-state index contributed by atoms with van der Waals surface area (Å²) >= 11 is 6.26. The highest BCUT2D eigenvalue weighted by Gasteiger charge is 2.51. The van der Waals surface area contributed by atoms with E-state index in [1.165, 1.54) is 0 Å². The van der Waals surface area contributed by atoms with Crippen LogP contribution in [0, 0.1) is 0 Å². The van der Waals surface area contributed by atoms with Crippen LogP contribution in [-0.4, -0.2) is 40.1 Å². The number of fused-ring (bicyclic) bond motifs is 2. The number of ketones is 1. The minimum atomic E-state index is -1.62. The molecule has 122 valence electrons. The van der Waals surface area contributed by atoms with E-state index in [0.29, 0.717) is 23.4 Å². The van der Waals surface area contributed by atoms with Crippen LogP contribution in [0.25, 0.3) is 0 Å². The smallest absolute Gasteiger partial charge is 0.333 e. The number of aliphatic hydroxyl groups excluding tert-OH is 1. The van der Waals surface area contributed by atoms with Gasteiger partial charge in [0.2, 0.25) is 5.78 Å². The molecule has 1 fully saturated rings. The summed E-state index contributed by atoms with van der Waals surface area (Å²) in [6.45, 7) is 0. The Balaban J connectivity index is 2.05. The van der Waals surface area contributed by atoms with Crippen molar-refractivity contribution in [3.05, 3.63) is 34.9 Å². The van der Waals surface area contributed by atoms with E-state index in [-0.39, 0.29) is 18.1 Å². The zero-order valence-corrected chi connectivity index (χ0v) is 13.0. The Morgan fingerprint density at radius 1 is 1.48 bits per heavy atom. The lowest BCUT2D eigenvalue weighted by Crippen LogP contribution is -2.51. The molecule has 6 nitrogen and oxygen atoms in total. The number of hydrogen-bond donors (Lipinski definition) is 2. The Labute approximate surface area is 137 Å². The summed E-state index contributed by atoms with van der Waals surface area (Å²) in [7, 11) is 0. The fourth-order valence-corrected chi connectivity index (χ4v) is 3.45. The van der Waals surface area contributed by atoms with Crippen LogP contribution in [-0.2, 0) is 19.9 Å². The van der Waals surface area contributed by atoms with Gasteiger partial charge in [0.05, 0.1) is 6.42 Å². The number of carboxylic acid groups (broad SMARTS) is 1. The van der Waals surface area contributed by atoms with E-state index in [2.05, 4.69) is 4.99 Å². The Morgan fingerprint density at radius 3 is 2.91 bits per heavy atom. The van der Waals surface area contributed by atoms with Crippen molar-refractivity contribution in [1.82, 2.24) is 0 Å². The summed E-state index contributed by atoms with van der Waals surface area (Å²) < 4.78 is 5.51. The van der Waals surface area contributed by atoms with Crippen molar-refractivity contribution in [2.24, 2.45) is 4.99 Å². The number of carbonyl (C=O) groups excluding carboxylic acids is 1. The minimum Gasteiger partial charge on any atom is -0.479 e. The van der Waals surface area contributed by atoms with Crippen LogP contribution in [0.2, 0.25) is 5.02 Å². The monoisotopic (exact) mass is 337 g/mol. The second-order valence-electron chi connectivity index (χ2n) is 5.77. The van der Waals surface area contributed by atoms with Gasteiger partial charge in [-0.3, -0.25) is 4.79 Å². The number of halogens is 1. The van der Waals surface area contributed by atoms with Crippen LogP contribution in [0.4, 0.5) is 0 Å². The van der Waals surface area contributed by atoms with E-state index in [9.17, 15) is 14.7 Å². The molecule has 3 atom stereocenters. The van der Waals surface area contributed by atoms with Crippen LogP contribution in [0.5, 0.6) is 0 Å². The molecule has 1 aromatic carbocycles. The molecule has 1 aliphatic heterocycles. The molecule has 2 aliphatic rings. The molecule has 0 spiro atoms. The number of rotatable bonds is 4. The first-order chi connectivity index (χ1) is 10.9. The van der Waals surface area contributed by atoms with E-state index in [1.807, 2.05) is 0 Å². The maximum absolute atomic E-state index is 12.8. The minimum absolute atomic E-state index is 0.0871. The average Bonchev–Trinajstić information content (AvgIpc) is 2.49. The predicted molar refractivity (Wildman–Crippen MR) is 82.6 cm³/mol. The highest BCUT2D eigenvalue weighted by Crippen LogP contribution is 2.44. The fraction of sp³-hybridized carbons (Fsp3) is 0.438. The van der Waals surface area contributed by atoms with Crippen molar-refractivity contribution in [3.8, 4) is 0 Å². The number of Topliss-reactive ketones (excluding diaryl/α,β-unsaturated/α-hetero) is 1. The molecule has 0 saturated heterocycles. The molecule has 0 amide bonds. The lowest BCUT2D eigenvalue weighted by atomic mass is 9.74. The van der Waals surface area contributed by atoms with Gasteiger partial charge in [0.15, 0.2) is 23.6 Å². The zero-order chi connectivity index (χ0) is 16.6. The number of aliphatic hydroxyl groups is 1. The Bertz CT molecular complexity index is 689. The lowest BCUT2D eigenvalue weighted by Gasteiger charge is -2.41. The van der Waals surface area contributed by atoms with Crippen LogP contribution in [0.15, 0.2) is 29.3 Å². The molecule has 23 heavy (non-hydrogen) atoms. The van der Waals surface area contributed by atoms with Gasteiger partial charge in [-0.1, -0.05) is 29.8 Å². The number of aliphatic imine (C=N–C) groups is 1. The van der Waals surface area contributed by atoms with Gasteiger partial charge in [0.1, 0.15) is 0 Å².